The minimum atomic E-state index is 0.253. The van der Waals surface area contributed by atoms with Gasteiger partial charge in [0.25, 0.3) is 0 Å². The summed E-state index contributed by atoms with van der Waals surface area (Å²) < 4.78 is 0. The third kappa shape index (κ3) is 4.84. The largest absolute Gasteiger partial charge is 0.311 e. The van der Waals surface area contributed by atoms with Gasteiger partial charge in [-0.15, -0.1) is 0 Å². The molecule has 0 amide bonds. The third-order valence-corrected chi connectivity index (χ3v) is 3.71. The highest BCUT2D eigenvalue weighted by Crippen LogP contribution is 2.30. The van der Waals surface area contributed by atoms with E-state index in [0.717, 1.165) is 6.54 Å². The van der Waals surface area contributed by atoms with Crippen LogP contribution in [0.5, 0.6) is 0 Å². The number of nitrogens with zero attached hydrogens (tertiary/aromatic N) is 1. The van der Waals surface area contributed by atoms with Crippen LogP contribution in [0.15, 0.2) is 0 Å². The molecule has 0 unspecified atom stereocenters. The molecule has 96 valence electrons. The van der Waals surface area contributed by atoms with Gasteiger partial charge in [-0.2, -0.15) is 0 Å². The van der Waals surface area contributed by atoms with Gasteiger partial charge in [-0.25, -0.2) is 0 Å². The summed E-state index contributed by atoms with van der Waals surface area (Å²) in [7, 11) is 0. The van der Waals surface area contributed by atoms with Crippen LogP contribution < -0.4 is 5.32 Å². The molecular weight excluding hydrogens is 196 g/mol. The Morgan fingerprint density at radius 1 is 1.19 bits per heavy atom. The van der Waals surface area contributed by atoms with Crippen molar-refractivity contribution in [2.75, 3.05) is 26.2 Å². The molecule has 1 aliphatic rings. The van der Waals surface area contributed by atoms with Crippen molar-refractivity contribution in [3.63, 3.8) is 0 Å². The summed E-state index contributed by atoms with van der Waals surface area (Å²) in [6, 6.07) is 0. The Labute approximate surface area is 102 Å². The molecule has 0 radical (unpaired) electrons. The summed E-state index contributed by atoms with van der Waals surface area (Å²) in [6.45, 7) is 16.4. The first kappa shape index (κ1) is 14.0. The Morgan fingerprint density at radius 3 is 2.50 bits per heavy atom. The number of likely N-dealkylation sites (N-methyl/N-ethyl adjacent to an activating group) is 1. The molecule has 1 saturated heterocycles. The maximum absolute atomic E-state index is 3.57. The van der Waals surface area contributed by atoms with Crippen molar-refractivity contribution >= 4 is 0 Å². The first-order valence-corrected chi connectivity index (χ1v) is 6.82. The van der Waals surface area contributed by atoms with Gasteiger partial charge in [0.2, 0.25) is 0 Å². The highest BCUT2D eigenvalue weighted by atomic mass is 15.2. The van der Waals surface area contributed by atoms with E-state index in [0.29, 0.717) is 5.41 Å². The summed E-state index contributed by atoms with van der Waals surface area (Å²) in [5.74, 6) is 0. The van der Waals surface area contributed by atoms with Gasteiger partial charge in [0.15, 0.2) is 0 Å². The Hall–Kier alpha value is -0.0800. The highest BCUT2D eigenvalue weighted by molar-refractivity contribution is 4.84. The molecule has 1 heterocycles. The van der Waals surface area contributed by atoms with E-state index in [2.05, 4.69) is 44.8 Å². The Bertz CT molecular complexity index is 209. The molecule has 0 aliphatic carbocycles. The second-order valence-electron chi connectivity index (χ2n) is 6.71. The van der Waals surface area contributed by atoms with Gasteiger partial charge in [-0.05, 0) is 58.2 Å². The van der Waals surface area contributed by atoms with Gasteiger partial charge in [0.05, 0.1) is 0 Å². The molecule has 0 spiro atoms. The molecular formula is C14H30N2. The Morgan fingerprint density at radius 2 is 1.88 bits per heavy atom. The smallest absolute Gasteiger partial charge is 0.0252 e. The Kier molecular flexibility index (Phi) is 4.81. The van der Waals surface area contributed by atoms with Crippen molar-refractivity contribution in [1.82, 2.24) is 10.2 Å². The van der Waals surface area contributed by atoms with Crippen LogP contribution in [0.25, 0.3) is 0 Å². The molecule has 2 heteroatoms. The van der Waals surface area contributed by atoms with Crippen molar-refractivity contribution in [1.29, 1.82) is 0 Å². The van der Waals surface area contributed by atoms with Crippen molar-refractivity contribution in [3.8, 4) is 0 Å². The van der Waals surface area contributed by atoms with Gasteiger partial charge in [0.1, 0.15) is 0 Å². The molecule has 0 bridgehead atoms. The minimum Gasteiger partial charge on any atom is -0.311 e. The van der Waals surface area contributed by atoms with Crippen LogP contribution >= 0.6 is 0 Å². The van der Waals surface area contributed by atoms with Crippen LogP contribution in [0.1, 0.15) is 53.9 Å². The SMILES string of the molecule is CCNC(C)(C)CN1CCCC(C)(C)CC1. The summed E-state index contributed by atoms with van der Waals surface area (Å²) >= 11 is 0. The summed E-state index contributed by atoms with van der Waals surface area (Å²) in [6.07, 6.45) is 4.08. The maximum atomic E-state index is 3.57. The van der Waals surface area contributed by atoms with E-state index in [4.69, 9.17) is 0 Å². The normalized spacial score (nSPS) is 23.1. The third-order valence-electron chi connectivity index (χ3n) is 3.71. The van der Waals surface area contributed by atoms with E-state index in [1.54, 1.807) is 0 Å². The standard InChI is InChI=1S/C14H30N2/c1-6-15-14(4,5)12-16-10-7-8-13(2,3)9-11-16/h15H,6-12H2,1-5H3. The summed E-state index contributed by atoms with van der Waals surface area (Å²) in [5, 5.41) is 3.57. The molecule has 16 heavy (non-hydrogen) atoms. The molecule has 1 N–H and O–H groups in total. The van der Waals surface area contributed by atoms with Gasteiger partial charge in [0, 0.05) is 12.1 Å². The average Bonchev–Trinajstić information content (AvgIpc) is 2.27. The minimum absolute atomic E-state index is 0.253. The number of likely N-dealkylation sites (tertiary alicyclic amines) is 1. The number of nitrogens with one attached hydrogen (secondary N) is 1. The zero-order valence-electron chi connectivity index (χ0n) is 11.9. The maximum Gasteiger partial charge on any atom is 0.0252 e. The number of hydrogen-bond donors (Lipinski definition) is 1. The predicted octanol–water partition coefficient (Wildman–Crippen LogP) is 2.89. The van der Waals surface area contributed by atoms with Crippen molar-refractivity contribution in [3.05, 3.63) is 0 Å². The van der Waals surface area contributed by atoms with E-state index in [1.165, 1.54) is 38.9 Å². The van der Waals surface area contributed by atoms with Crippen LogP contribution in [0.4, 0.5) is 0 Å². The average molecular weight is 226 g/mol. The van der Waals surface area contributed by atoms with Gasteiger partial charge < -0.3 is 10.2 Å². The van der Waals surface area contributed by atoms with E-state index in [9.17, 15) is 0 Å². The van der Waals surface area contributed by atoms with Crippen LogP contribution in [0, 0.1) is 5.41 Å². The molecule has 2 nitrogen and oxygen atoms in total. The molecule has 0 saturated carbocycles. The molecule has 0 aromatic rings. The summed E-state index contributed by atoms with van der Waals surface area (Å²) in [4.78, 5) is 2.64. The first-order chi connectivity index (χ1) is 7.35. The lowest BCUT2D eigenvalue weighted by Gasteiger charge is -2.33. The van der Waals surface area contributed by atoms with Crippen LogP contribution in [-0.4, -0.2) is 36.6 Å². The van der Waals surface area contributed by atoms with Crippen LogP contribution in [0.3, 0.4) is 0 Å². The van der Waals surface area contributed by atoms with Crippen molar-refractivity contribution in [2.45, 2.75) is 59.4 Å². The quantitative estimate of drug-likeness (QED) is 0.793. The van der Waals surface area contributed by atoms with Gasteiger partial charge in [-0.3, -0.25) is 0 Å². The highest BCUT2D eigenvalue weighted by Gasteiger charge is 2.26. The molecule has 0 atom stereocenters. The van der Waals surface area contributed by atoms with E-state index < -0.39 is 0 Å². The molecule has 1 fully saturated rings. The fraction of sp³-hybridized carbons (Fsp3) is 1.00. The van der Waals surface area contributed by atoms with E-state index >= 15 is 0 Å². The fourth-order valence-corrected chi connectivity index (χ4v) is 2.73. The van der Waals surface area contributed by atoms with Gasteiger partial charge >= 0.3 is 0 Å². The molecule has 1 aliphatic heterocycles. The second-order valence-corrected chi connectivity index (χ2v) is 6.71. The van der Waals surface area contributed by atoms with Gasteiger partial charge in [-0.1, -0.05) is 20.8 Å². The van der Waals surface area contributed by atoms with E-state index in [-0.39, 0.29) is 5.54 Å². The van der Waals surface area contributed by atoms with Crippen LogP contribution in [0.2, 0.25) is 0 Å². The predicted molar refractivity (Wildman–Crippen MR) is 71.8 cm³/mol. The zero-order chi connectivity index (χ0) is 12.2. The lowest BCUT2D eigenvalue weighted by atomic mass is 9.85. The fourth-order valence-electron chi connectivity index (χ4n) is 2.73. The topological polar surface area (TPSA) is 15.3 Å². The van der Waals surface area contributed by atoms with Crippen LogP contribution in [-0.2, 0) is 0 Å². The molecule has 0 aromatic carbocycles. The van der Waals surface area contributed by atoms with E-state index in [1.807, 2.05) is 0 Å². The molecule has 0 aromatic heterocycles. The van der Waals surface area contributed by atoms with Crippen molar-refractivity contribution in [2.24, 2.45) is 5.41 Å². The second kappa shape index (κ2) is 5.50. The summed E-state index contributed by atoms with van der Waals surface area (Å²) in [5.41, 5.74) is 0.806. The first-order valence-electron chi connectivity index (χ1n) is 6.82. The number of rotatable bonds is 4. The monoisotopic (exact) mass is 226 g/mol. The zero-order valence-corrected chi connectivity index (χ0v) is 11.9. The lowest BCUT2D eigenvalue weighted by Crippen LogP contribution is -2.49. The molecule has 1 rings (SSSR count). The number of hydrogen-bond acceptors (Lipinski definition) is 2. The Balaban J connectivity index is 2.43. The van der Waals surface area contributed by atoms with Crippen molar-refractivity contribution < 1.29 is 0 Å². The lowest BCUT2D eigenvalue weighted by molar-refractivity contribution is 0.200.